The van der Waals surface area contributed by atoms with Crippen molar-refractivity contribution >= 4 is 18.1 Å². The van der Waals surface area contributed by atoms with Crippen molar-refractivity contribution in [3.63, 3.8) is 0 Å². The number of amides is 1. The van der Waals surface area contributed by atoms with E-state index in [0.29, 0.717) is 47.0 Å². The van der Waals surface area contributed by atoms with Crippen LogP contribution in [0, 0.1) is 17.5 Å². The molecule has 0 atom stereocenters. The molecule has 1 aromatic carbocycles. The van der Waals surface area contributed by atoms with Crippen LogP contribution in [-0.2, 0) is 24.2 Å². The predicted molar refractivity (Wildman–Crippen MR) is 103 cm³/mol. The molecule has 0 spiro atoms. The minimum Gasteiger partial charge on any atom is -0.356 e. The molecule has 0 aliphatic carbocycles. The monoisotopic (exact) mass is 404 g/mol. The molecule has 0 bridgehead atoms. The molecule has 28 heavy (non-hydrogen) atoms. The molecule has 2 heterocycles. The highest BCUT2D eigenvalue weighted by atomic mass is 32.1. The van der Waals surface area contributed by atoms with Gasteiger partial charge in [0, 0.05) is 37.9 Å². The number of aromatic nitrogens is 5. The molecule has 0 radical (unpaired) electrons. The maximum absolute atomic E-state index is 13.4. The molecule has 8 nitrogen and oxygen atoms in total. The lowest BCUT2D eigenvalue weighted by Crippen LogP contribution is -2.26. The van der Waals surface area contributed by atoms with Gasteiger partial charge in [0.1, 0.15) is 11.6 Å². The van der Waals surface area contributed by atoms with Gasteiger partial charge in [-0.2, -0.15) is 10.1 Å². The Kier molecular flexibility index (Phi) is 6.30. The molecule has 3 aromatic rings. The van der Waals surface area contributed by atoms with Crippen LogP contribution in [0.25, 0.3) is 11.4 Å². The van der Waals surface area contributed by atoms with E-state index in [0.717, 1.165) is 12.4 Å². The normalized spacial score (nSPS) is 11.0. The summed E-state index contributed by atoms with van der Waals surface area (Å²) in [5.41, 5.74) is 1.18. The number of benzene rings is 1. The summed E-state index contributed by atoms with van der Waals surface area (Å²) in [6, 6.07) is 4.61. The number of hydrogen-bond donors (Lipinski definition) is 2. The van der Waals surface area contributed by atoms with Crippen LogP contribution in [0.4, 0.5) is 4.39 Å². The number of aromatic amines is 1. The molecule has 0 aliphatic rings. The van der Waals surface area contributed by atoms with E-state index in [1.807, 2.05) is 11.5 Å². The fourth-order valence-corrected chi connectivity index (χ4v) is 3.03. The van der Waals surface area contributed by atoms with E-state index in [2.05, 4.69) is 25.7 Å². The molecule has 148 valence electrons. The van der Waals surface area contributed by atoms with Crippen LogP contribution in [0.15, 0.2) is 22.7 Å². The fourth-order valence-electron chi connectivity index (χ4n) is 2.75. The standard InChI is InChI=1S/C18H21FN6O2S/c1-3-25-14(22-23-18(25)28)8-9-20-15(26)6-7-16-21-17(24-27-16)12-4-5-13(19)11(2)10-12/h4-5,10H,3,6-9H2,1-2H3,(H,20,26)(H,23,28). The molecule has 2 aromatic heterocycles. The number of hydrogen-bond acceptors (Lipinski definition) is 6. The molecule has 0 saturated carbocycles. The van der Waals surface area contributed by atoms with Gasteiger partial charge in [-0.15, -0.1) is 0 Å². The van der Waals surface area contributed by atoms with Crippen molar-refractivity contribution in [3.8, 4) is 11.4 Å². The number of nitrogens with zero attached hydrogens (tertiary/aromatic N) is 4. The van der Waals surface area contributed by atoms with E-state index >= 15 is 0 Å². The van der Waals surface area contributed by atoms with Gasteiger partial charge in [0.25, 0.3) is 0 Å². The van der Waals surface area contributed by atoms with Gasteiger partial charge in [-0.1, -0.05) is 5.16 Å². The van der Waals surface area contributed by atoms with Crippen LogP contribution in [0.5, 0.6) is 0 Å². The zero-order valence-corrected chi connectivity index (χ0v) is 16.5. The minimum absolute atomic E-state index is 0.116. The van der Waals surface area contributed by atoms with Crippen molar-refractivity contribution < 1.29 is 13.7 Å². The number of rotatable bonds is 8. The Bertz CT molecular complexity index is 1030. The first-order valence-corrected chi connectivity index (χ1v) is 9.38. The van der Waals surface area contributed by atoms with Crippen LogP contribution < -0.4 is 5.32 Å². The molecule has 3 rings (SSSR count). The second-order valence-corrected chi connectivity index (χ2v) is 6.65. The molecule has 0 aliphatic heterocycles. The number of carbonyl (C=O) groups excluding carboxylic acids is 1. The predicted octanol–water partition coefficient (Wildman–Crippen LogP) is 2.75. The third-order valence-electron chi connectivity index (χ3n) is 4.27. The average molecular weight is 404 g/mol. The second-order valence-electron chi connectivity index (χ2n) is 6.26. The first-order chi connectivity index (χ1) is 13.5. The SMILES string of the molecule is CCn1c(CCNC(=O)CCc2nc(-c3ccc(F)c(C)c3)no2)n[nH]c1=S. The summed E-state index contributed by atoms with van der Waals surface area (Å²) in [6.45, 7) is 4.85. The molecular weight excluding hydrogens is 383 g/mol. The largest absolute Gasteiger partial charge is 0.356 e. The van der Waals surface area contributed by atoms with E-state index in [4.69, 9.17) is 16.7 Å². The number of halogens is 1. The third kappa shape index (κ3) is 4.69. The quantitative estimate of drug-likeness (QED) is 0.560. The van der Waals surface area contributed by atoms with Crippen molar-refractivity contribution in [2.24, 2.45) is 0 Å². The second kappa shape index (κ2) is 8.87. The van der Waals surface area contributed by atoms with E-state index in [-0.39, 0.29) is 18.1 Å². The van der Waals surface area contributed by atoms with Crippen LogP contribution in [-0.4, -0.2) is 37.4 Å². The highest BCUT2D eigenvalue weighted by Gasteiger charge is 2.12. The molecule has 10 heteroatoms. The van der Waals surface area contributed by atoms with Crippen LogP contribution in [0.2, 0.25) is 0 Å². The Morgan fingerprint density at radius 2 is 2.21 bits per heavy atom. The van der Waals surface area contributed by atoms with Gasteiger partial charge in [-0.3, -0.25) is 9.89 Å². The Labute approximate surface area is 166 Å². The lowest BCUT2D eigenvalue weighted by Gasteiger charge is -2.05. The molecule has 2 N–H and O–H groups in total. The van der Waals surface area contributed by atoms with E-state index in [9.17, 15) is 9.18 Å². The summed E-state index contributed by atoms with van der Waals surface area (Å²) in [7, 11) is 0. The van der Waals surface area contributed by atoms with Crippen molar-refractivity contribution in [3.05, 3.63) is 46.1 Å². The number of H-pyrrole nitrogens is 1. The molecule has 1 amide bonds. The van der Waals surface area contributed by atoms with E-state index in [1.54, 1.807) is 19.1 Å². The molecular formula is C18H21FN6O2S. The Morgan fingerprint density at radius 1 is 1.39 bits per heavy atom. The zero-order chi connectivity index (χ0) is 20.1. The maximum atomic E-state index is 13.4. The molecule has 0 saturated heterocycles. The van der Waals surface area contributed by atoms with Crippen LogP contribution in [0.1, 0.15) is 30.6 Å². The van der Waals surface area contributed by atoms with Gasteiger partial charge in [0.05, 0.1) is 0 Å². The van der Waals surface area contributed by atoms with Gasteiger partial charge in [0.2, 0.25) is 17.6 Å². The summed E-state index contributed by atoms with van der Waals surface area (Å²) in [4.78, 5) is 16.3. The van der Waals surface area contributed by atoms with E-state index in [1.165, 1.54) is 6.07 Å². The lowest BCUT2D eigenvalue weighted by atomic mass is 10.1. The number of aryl methyl sites for hydroxylation is 2. The highest BCUT2D eigenvalue weighted by molar-refractivity contribution is 7.71. The Hall–Kier alpha value is -2.88. The van der Waals surface area contributed by atoms with Gasteiger partial charge in [0.15, 0.2) is 4.77 Å². The highest BCUT2D eigenvalue weighted by Crippen LogP contribution is 2.19. The maximum Gasteiger partial charge on any atom is 0.227 e. The summed E-state index contributed by atoms with van der Waals surface area (Å²) in [6.07, 6.45) is 1.14. The van der Waals surface area contributed by atoms with Crippen molar-refractivity contribution in [1.82, 2.24) is 30.2 Å². The minimum atomic E-state index is -0.285. The first kappa shape index (κ1) is 19.9. The first-order valence-electron chi connectivity index (χ1n) is 8.97. The lowest BCUT2D eigenvalue weighted by molar-refractivity contribution is -0.121. The summed E-state index contributed by atoms with van der Waals surface area (Å²) >= 11 is 5.14. The Balaban J connectivity index is 1.47. The van der Waals surface area contributed by atoms with Crippen LogP contribution >= 0.6 is 12.2 Å². The Morgan fingerprint density at radius 3 is 2.96 bits per heavy atom. The number of nitrogens with one attached hydrogen (secondary N) is 2. The van der Waals surface area contributed by atoms with E-state index < -0.39 is 0 Å². The molecule has 0 unspecified atom stereocenters. The van der Waals surface area contributed by atoms with Crippen LogP contribution in [0.3, 0.4) is 0 Å². The molecule has 0 fully saturated rings. The summed E-state index contributed by atoms with van der Waals surface area (Å²) in [5, 5.41) is 13.6. The average Bonchev–Trinajstić information content (AvgIpc) is 3.29. The van der Waals surface area contributed by atoms with Crippen molar-refractivity contribution in [2.75, 3.05) is 6.54 Å². The third-order valence-corrected chi connectivity index (χ3v) is 4.59. The van der Waals surface area contributed by atoms with Gasteiger partial charge in [-0.25, -0.2) is 4.39 Å². The van der Waals surface area contributed by atoms with Gasteiger partial charge < -0.3 is 14.4 Å². The van der Waals surface area contributed by atoms with Crippen molar-refractivity contribution in [1.29, 1.82) is 0 Å². The smallest absolute Gasteiger partial charge is 0.227 e. The van der Waals surface area contributed by atoms with Gasteiger partial charge in [-0.05, 0) is 49.8 Å². The van der Waals surface area contributed by atoms with Crippen molar-refractivity contribution in [2.45, 2.75) is 39.7 Å². The topological polar surface area (TPSA) is 102 Å². The summed E-state index contributed by atoms with van der Waals surface area (Å²) in [5.74, 6) is 1.14. The van der Waals surface area contributed by atoms with Gasteiger partial charge >= 0.3 is 0 Å². The summed E-state index contributed by atoms with van der Waals surface area (Å²) < 4.78 is 21.0. The zero-order valence-electron chi connectivity index (χ0n) is 15.7. The fraction of sp³-hybridized carbons (Fsp3) is 0.389. The number of carbonyl (C=O) groups is 1.